The van der Waals surface area contributed by atoms with E-state index in [2.05, 4.69) is 20.6 Å². The van der Waals surface area contributed by atoms with Crippen molar-refractivity contribution in [2.24, 2.45) is 0 Å². The van der Waals surface area contributed by atoms with E-state index in [9.17, 15) is 4.79 Å². The van der Waals surface area contributed by atoms with E-state index >= 15 is 0 Å². The minimum absolute atomic E-state index is 0.126. The number of nitrogens with one attached hydrogen (secondary N) is 2. The molecular formula is C14H14N4O2S. The molecule has 0 aliphatic carbocycles. The lowest BCUT2D eigenvalue weighted by Crippen LogP contribution is -2.34. The molecule has 7 heteroatoms. The van der Waals surface area contributed by atoms with Gasteiger partial charge in [0.1, 0.15) is 5.56 Å². The molecule has 0 bridgehead atoms. The molecule has 2 N–H and O–H groups in total. The zero-order chi connectivity index (χ0) is 14.8. The number of hydrogen-bond acceptors (Lipinski definition) is 6. The second kappa shape index (κ2) is 5.61. The van der Waals surface area contributed by atoms with Crippen LogP contribution in [-0.4, -0.2) is 28.9 Å². The van der Waals surface area contributed by atoms with E-state index in [0.717, 1.165) is 11.3 Å². The van der Waals surface area contributed by atoms with E-state index in [-0.39, 0.29) is 12.6 Å². The van der Waals surface area contributed by atoms with Crippen LogP contribution in [0.15, 0.2) is 29.4 Å². The van der Waals surface area contributed by atoms with Crippen LogP contribution in [0.3, 0.4) is 0 Å². The Hall–Kier alpha value is -2.28. The molecule has 1 aliphatic rings. The molecule has 0 fully saturated rings. The monoisotopic (exact) mass is 302 g/mol. The summed E-state index contributed by atoms with van der Waals surface area (Å²) in [5.41, 5.74) is 2.32. The van der Waals surface area contributed by atoms with Gasteiger partial charge in [-0.05, 0) is 30.9 Å². The smallest absolute Gasteiger partial charge is 0.263 e. The topological polar surface area (TPSA) is 76.1 Å². The fourth-order valence-corrected chi connectivity index (χ4v) is 2.39. The van der Waals surface area contributed by atoms with Gasteiger partial charge in [0.2, 0.25) is 5.88 Å². The van der Waals surface area contributed by atoms with Crippen molar-refractivity contribution < 1.29 is 9.53 Å². The number of aryl methyl sites for hydroxylation is 1. The normalized spacial score (nSPS) is 13.1. The van der Waals surface area contributed by atoms with Gasteiger partial charge in [-0.1, -0.05) is 23.9 Å². The van der Waals surface area contributed by atoms with Crippen LogP contribution in [0.25, 0.3) is 0 Å². The molecule has 0 spiro atoms. The minimum Gasteiger partial charge on any atom is -0.456 e. The predicted molar refractivity (Wildman–Crippen MR) is 81.2 cm³/mol. The SMILES string of the molecule is CSc1nc(Nc2cccc(C)c2)c2c(n1)OCNC2=O. The number of rotatable bonds is 3. The molecule has 0 atom stereocenters. The van der Waals surface area contributed by atoms with Crippen LogP contribution in [0.2, 0.25) is 0 Å². The number of aromatic nitrogens is 2. The third-order valence-electron chi connectivity index (χ3n) is 2.99. The number of amides is 1. The highest BCUT2D eigenvalue weighted by Crippen LogP contribution is 2.30. The number of carbonyl (C=O) groups is 1. The largest absolute Gasteiger partial charge is 0.456 e. The van der Waals surface area contributed by atoms with Crippen LogP contribution in [0, 0.1) is 6.92 Å². The minimum atomic E-state index is -0.237. The van der Waals surface area contributed by atoms with Crippen LogP contribution in [0.4, 0.5) is 11.5 Å². The van der Waals surface area contributed by atoms with E-state index < -0.39 is 0 Å². The third kappa shape index (κ3) is 2.78. The van der Waals surface area contributed by atoms with Crippen molar-refractivity contribution in [2.45, 2.75) is 12.1 Å². The molecule has 0 unspecified atom stereocenters. The van der Waals surface area contributed by atoms with Crippen LogP contribution < -0.4 is 15.4 Å². The highest BCUT2D eigenvalue weighted by atomic mass is 32.2. The second-order valence-electron chi connectivity index (χ2n) is 4.53. The van der Waals surface area contributed by atoms with Gasteiger partial charge >= 0.3 is 0 Å². The number of ether oxygens (including phenoxy) is 1. The summed E-state index contributed by atoms with van der Waals surface area (Å²) in [4.78, 5) is 20.7. The average molecular weight is 302 g/mol. The van der Waals surface area contributed by atoms with Crippen molar-refractivity contribution in [1.82, 2.24) is 15.3 Å². The first-order chi connectivity index (χ1) is 10.2. The molecule has 0 radical (unpaired) electrons. The number of nitrogens with zero attached hydrogens (tertiary/aromatic N) is 2. The lowest BCUT2D eigenvalue weighted by atomic mass is 10.2. The lowest BCUT2D eigenvalue weighted by Gasteiger charge is -2.20. The van der Waals surface area contributed by atoms with Gasteiger partial charge < -0.3 is 15.4 Å². The molecule has 0 saturated heterocycles. The summed E-state index contributed by atoms with van der Waals surface area (Å²) in [7, 11) is 0. The Labute approximate surface area is 126 Å². The Morgan fingerprint density at radius 3 is 3.00 bits per heavy atom. The molecule has 2 aromatic rings. The van der Waals surface area contributed by atoms with Gasteiger partial charge in [-0.2, -0.15) is 4.98 Å². The maximum atomic E-state index is 12.0. The van der Waals surface area contributed by atoms with Gasteiger partial charge in [0.05, 0.1) is 0 Å². The molecule has 108 valence electrons. The summed E-state index contributed by atoms with van der Waals surface area (Å²) in [6, 6.07) is 7.85. The van der Waals surface area contributed by atoms with Gasteiger partial charge in [-0.15, -0.1) is 0 Å². The number of benzene rings is 1. The summed E-state index contributed by atoms with van der Waals surface area (Å²) < 4.78 is 5.40. The summed E-state index contributed by atoms with van der Waals surface area (Å²) in [5, 5.41) is 6.35. The lowest BCUT2D eigenvalue weighted by molar-refractivity contribution is 0.0877. The highest BCUT2D eigenvalue weighted by molar-refractivity contribution is 7.98. The number of carbonyl (C=O) groups excluding carboxylic acids is 1. The van der Waals surface area contributed by atoms with E-state index in [0.29, 0.717) is 22.4 Å². The Kier molecular flexibility index (Phi) is 3.66. The molecule has 6 nitrogen and oxygen atoms in total. The molecule has 1 amide bonds. The average Bonchev–Trinajstić information content (AvgIpc) is 2.47. The van der Waals surface area contributed by atoms with Crippen LogP contribution in [0.1, 0.15) is 15.9 Å². The van der Waals surface area contributed by atoms with Gasteiger partial charge in [-0.25, -0.2) is 4.98 Å². The summed E-state index contributed by atoms with van der Waals surface area (Å²) >= 11 is 1.40. The number of hydrogen-bond donors (Lipinski definition) is 2. The summed E-state index contributed by atoms with van der Waals surface area (Å²) in [6.45, 7) is 2.13. The van der Waals surface area contributed by atoms with Crippen LogP contribution >= 0.6 is 11.8 Å². The van der Waals surface area contributed by atoms with Crippen molar-refractivity contribution in [3.8, 4) is 5.88 Å². The molecule has 1 aromatic carbocycles. The first-order valence-corrected chi connectivity index (χ1v) is 7.60. The fraction of sp³-hybridized carbons (Fsp3) is 0.214. The maximum Gasteiger partial charge on any atom is 0.263 e. The van der Waals surface area contributed by atoms with E-state index in [1.807, 2.05) is 37.4 Å². The van der Waals surface area contributed by atoms with E-state index in [1.54, 1.807) is 0 Å². The van der Waals surface area contributed by atoms with Gasteiger partial charge in [0, 0.05) is 5.69 Å². The van der Waals surface area contributed by atoms with Crippen LogP contribution in [-0.2, 0) is 0 Å². The molecule has 1 aliphatic heterocycles. The number of thioether (sulfide) groups is 1. The van der Waals surface area contributed by atoms with Crippen molar-refractivity contribution in [2.75, 3.05) is 18.3 Å². The van der Waals surface area contributed by atoms with E-state index in [1.165, 1.54) is 11.8 Å². The Bertz CT molecular complexity index is 705. The van der Waals surface area contributed by atoms with E-state index in [4.69, 9.17) is 4.74 Å². The Morgan fingerprint density at radius 1 is 1.38 bits per heavy atom. The second-order valence-corrected chi connectivity index (χ2v) is 5.30. The van der Waals surface area contributed by atoms with Crippen molar-refractivity contribution in [3.63, 3.8) is 0 Å². The van der Waals surface area contributed by atoms with Crippen molar-refractivity contribution in [3.05, 3.63) is 35.4 Å². The van der Waals surface area contributed by atoms with Gasteiger partial charge in [0.15, 0.2) is 17.7 Å². The predicted octanol–water partition coefficient (Wildman–Crippen LogP) is 2.33. The quantitative estimate of drug-likeness (QED) is 0.669. The zero-order valence-corrected chi connectivity index (χ0v) is 12.5. The Balaban J connectivity index is 2.06. The number of fused-ring (bicyclic) bond motifs is 1. The fourth-order valence-electron chi connectivity index (χ4n) is 2.03. The molecule has 21 heavy (non-hydrogen) atoms. The molecular weight excluding hydrogens is 288 g/mol. The Morgan fingerprint density at radius 2 is 2.24 bits per heavy atom. The third-order valence-corrected chi connectivity index (χ3v) is 3.54. The van der Waals surface area contributed by atoms with Crippen molar-refractivity contribution in [1.29, 1.82) is 0 Å². The molecule has 3 rings (SSSR count). The highest BCUT2D eigenvalue weighted by Gasteiger charge is 2.26. The first-order valence-electron chi connectivity index (χ1n) is 6.38. The van der Waals surface area contributed by atoms with Crippen molar-refractivity contribution >= 4 is 29.2 Å². The van der Waals surface area contributed by atoms with Gasteiger partial charge in [-0.3, -0.25) is 4.79 Å². The number of anilines is 2. The zero-order valence-electron chi connectivity index (χ0n) is 11.6. The molecule has 1 aromatic heterocycles. The van der Waals surface area contributed by atoms with Crippen LogP contribution in [0.5, 0.6) is 5.88 Å². The molecule has 0 saturated carbocycles. The standard InChI is InChI=1S/C14H14N4O2S/c1-8-4-3-5-9(6-8)16-11-10-12(19)15-7-20-13(10)18-14(17-11)21-2/h3-6H,7H2,1-2H3,(H,15,19)(H,16,17,18). The summed E-state index contributed by atoms with van der Waals surface area (Å²) in [5.74, 6) is 0.527. The molecule has 2 heterocycles. The summed E-state index contributed by atoms with van der Waals surface area (Å²) in [6.07, 6.45) is 1.88. The first kappa shape index (κ1) is 13.7. The van der Waals surface area contributed by atoms with Gasteiger partial charge in [0.25, 0.3) is 5.91 Å². The maximum absolute atomic E-state index is 12.0.